The Bertz CT molecular complexity index is 1250. The van der Waals surface area contributed by atoms with Gasteiger partial charge in [-0.15, -0.1) is 5.10 Å². The highest BCUT2D eigenvalue weighted by molar-refractivity contribution is 7.99. The lowest BCUT2D eigenvalue weighted by molar-refractivity contribution is -0.117. The maximum absolute atomic E-state index is 13.6. The van der Waals surface area contributed by atoms with Gasteiger partial charge in [-0.1, -0.05) is 60.3 Å². The van der Waals surface area contributed by atoms with E-state index in [-0.39, 0.29) is 23.5 Å². The molecule has 0 saturated carbocycles. The van der Waals surface area contributed by atoms with Crippen LogP contribution >= 0.6 is 11.8 Å². The van der Waals surface area contributed by atoms with Gasteiger partial charge >= 0.3 is 0 Å². The molecule has 1 amide bonds. The Morgan fingerprint density at radius 2 is 1.88 bits per heavy atom. The molecule has 0 N–H and O–H groups in total. The Morgan fingerprint density at radius 1 is 1.06 bits per heavy atom. The monoisotopic (exact) mass is 447 g/mol. The number of thioether (sulfide) groups is 1. The molecule has 1 aliphatic rings. The lowest BCUT2D eigenvalue weighted by Gasteiger charge is -2.37. The standard InChI is InChI=1S/C23H18FN5O2S/c24-17-9-6-10-18(13-17)29-23(25-26-27-29)32-15-22(30)28-19-11-4-5-12-21(19)31-14-20(28)16-7-2-1-3-8-16/h1-13,20H,14-15H2/t20-/m1/s1. The maximum Gasteiger partial charge on any atom is 0.238 e. The number of para-hydroxylation sites is 2. The fraction of sp³-hybridized carbons (Fsp3) is 0.130. The summed E-state index contributed by atoms with van der Waals surface area (Å²) in [6, 6.07) is 23.0. The first-order chi connectivity index (χ1) is 15.7. The lowest BCUT2D eigenvalue weighted by atomic mass is 10.0. The number of carbonyl (C=O) groups excluding carboxylic acids is 1. The van der Waals surface area contributed by atoms with Gasteiger partial charge in [0, 0.05) is 0 Å². The molecule has 2 heterocycles. The Hall–Kier alpha value is -3.72. The van der Waals surface area contributed by atoms with Gasteiger partial charge in [0.2, 0.25) is 11.1 Å². The summed E-state index contributed by atoms with van der Waals surface area (Å²) in [4.78, 5) is 15.2. The fourth-order valence-electron chi connectivity index (χ4n) is 3.65. The third-order valence-electron chi connectivity index (χ3n) is 5.10. The number of amides is 1. The van der Waals surface area contributed by atoms with Crippen LogP contribution in [0, 0.1) is 5.82 Å². The summed E-state index contributed by atoms with van der Waals surface area (Å²) in [5.41, 5.74) is 2.21. The van der Waals surface area contributed by atoms with Gasteiger partial charge in [-0.05, 0) is 46.3 Å². The van der Waals surface area contributed by atoms with E-state index < -0.39 is 0 Å². The van der Waals surface area contributed by atoms with Gasteiger partial charge in [0.25, 0.3) is 0 Å². The normalized spacial score (nSPS) is 15.2. The maximum atomic E-state index is 13.6. The van der Waals surface area contributed by atoms with Crippen LogP contribution in [0.4, 0.5) is 10.1 Å². The van der Waals surface area contributed by atoms with Crippen LogP contribution in [-0.4, -0.2) is 38.5 Å². The Labute approximate surface area is 187 Å². The quantitative estimate of drug-likeness (QED) is 0.430. The summed E-state index contributed by atoms with van der Waals surface area (Å²) in [5, 5.41) is 12.0. The van der Waals surface area contributed by atoms with Gasteiger partial charge in [-0.3, -0.25) is 9.69 Å². The van der Waals surface area contributed by atoms with Crippen LogP contribution in [0.1, 0.15) is 11.6 Å². The number of fused-ring (bicyclic) bond motifs is 1. The van der Waals surface area contributed by atoms with E-state index in [9.17, 15) is 9.18 Å². The number of aromatic nitrogens is 4. The van der Waals surface area contributed by atoms with Gasteiger partial charge in [0.05, 0.1) is 23.2 Å². The molecule has 0 fully saturated rings. The van der Waals surface area contributed by atoms with E-state index in [1.165, 1.54) is 28.6 Å². The average Bonchev–Trinajstić information content (AvgIpc) is 3.31. The predicted octanol–water partition coefficient (Wildman–Crippen LogP) is 4.06. The number of anilines is 1. The first-order valence-electron chi connectivity index (χ1n) is 9.96. The second kappa shape index (κ2) is 8.80. The summed E-state index contributed by atoms with van der Waals surface area (Å²) in [5.74, 6) is 0.282. The topological polar surface area (TPSA) is 73.1 Å². The minimum Gasteiger partial charge on any atom is -0.489 e. The molecule has 3 aromatic carbocycles. The van der Waals surface area contributed by atoms with Crippen LogP contribution in [0.5, 0.6) is 5.75 Å². The smallest absolute Gasteiger partial charge is 0.238 e. The van der Waals surface area contributed by atoms with Crippen molar-refractivity contribution in [1.82, 2.24) is 20.2 Å². The van der Waals surface area contributed by atoms with Crippen molar-refractivity contribution in [1.29, 1.82) is 0 Å². The number of benzene rings is 3. The van der Waals surface area contributed by atoms with Crippen LogP contribution in [-0.2, 0) is 4.79 Å². The molecule has 0 radical (unpaired) electrons. The van der Waals surface area contributed by atoms with Crippen molar-refractivity contribution in [2.45, 2.75) is 11.2 Å². The number of hydrogen-bond donors (Lipinski definition) is 0. The number of rotatable bonds is 5. The molecule has 32 heavy (non-hydrogen) atoms. The molecule has 1 atom stereocenters. The average molecular weight is 447 g/mol. The van der Waals surface area contributed by atoms with E-state index >= 15 is 0 Å². The highest BCUT2D eigenvalue weighted by Gasteiger charge is 2.33. The molecule has 9 heteroatoms. The molecule has 0 unspecified atom stereocenters. The van der Waals surface area contributed by atoms with E-state index in [0.717, 1.165) is 11.3 Å². The van der Waals surface area contributed by atoms with Crippen LogP contribution in [0.15, 0.2) is 84.0 Å². The highest BCUT2D eigenvalue weighted by atomic mass is 32.2. The number of hydrogen-bond acceptors (Lipinski definition) is 6. The molecular formula is C23H18FN5O2S. The Kier molecular flexibility index (Phi) is 5.55. The van der Waals surface area contributed by atoms with Crippen LogP contribution < -0.4 is 9.64 Å². The number of halogens is 1. The van der Waals surface area contributed by atoms with Gasteiger partial charge in [-0.2, -0.15) is 4.68 Å². The van der Waals surface area contributed by atoms with Gasteiger partial charge in [-0.25, -0.2) is 4.39 Å². The Balaban J connectivity index is 1.41. The molecule has 0 bridgehead atoms. The molecule has 0 saturated heterocycles. The first-order valence-corrected chi connectivity index (χ1v) is 11.0. The van der Waals surface area contributed by atoms with Crippen molar-refractivity contribution in [3.05, 3.63) is 90.2 Å². The number of nitrogens with zero attached hydrogens (tertiary/aromatic N) is 5. The second-order valence-corrected chi connectivity index (χ2v) is 8.05. The van der Waals surface area contributed by atoms with Gasteiger partial charge in [0.1, 0.15) is 18.2 Å². The van der Waals surface area contributed by atoms with Crippen molar-refractivity contribution in [2.24, 2.45) is 0 Å². The van der Waals surface area contributed by atoms with E-state index in [4.69, 9.17) is 4.74 Å². The third kappa shape index (κ3) is 3.94. The third-order valence-corrected chi connectivity index (χ3v) is 6.01. The van der Waals surface area contributed by atoms with Crippen molar-refractivity contribution >= 4 is 23.4 Å². The zero-order valence-electron chi connectivity index (χ0n) is 16.8. The first kappa shape index (κ1) is 20.2. The SMILES string of the molecule is O=C(CSc1nnnn1-c1cccc(F)c1)N1c2ccccc2OC[C@@H]1c1ccccc1. The van der Waals surface area contributed by atoms with Crippen LogP contribution in [0.3, 0.4) is 0 Å². The molecule has 0 spiro atoms. The molecule has 7 nitrogen and oxygen atoms in total. The van der Waals surface area contributed by atoms with Crippen LogP contribution in [0.25, 0.3) is 5.69 Å². The molecule has 5 rings (SSSR count). The largest absolute Gasteiger partial charge is 0.489 e. The van der Waals surface area contributed by atoms with Crippen molar-refractivity contribution in [3.8, 4) is 11.4 Å². The minimum atomic E-state index is -0.388. The van der Waals surface area contributed by atoms with E-state index in [1.54, 1.807) is 17.0 Å². The second-order valence-electron chi connectivity index (χ2n) is 7.11. The minimum absolute atomic E-state index is 0.103. The highest BCUT2D eigenvalue weighted by Crippen LogP contribution is 2.39. The summed E-state index contributed by atoms with van der Waals surface area (Å²) in [6.45, 7) is 0.360. The van der Waals surface area contributed by atoms with E-state index in [0.29, 0.717) is 23.2 Å². The number of carbonyl (C=O) groups is 1. The zero-order valence-corrected chi connectivity index (χ0v) is 17.7. The van der Waals surface area contributed by atoms with Crippen LogP contribution in [0.2, 0.25) is 0 Å². The summed E-state index contributed by atoms with van der Waals surface area (Å²) < 4.78 is 21.0. The van der Waals surface area contributed by atoms with Gasteiger partial charge in [0.15, 0.2) is 0 Å². The van der Waals surface area contributed by atoms with E-state index in [1.807, 2.05) is 54.6 Å². The lowest BCUT2D eigenvalue weighted by Crippen LogP contribution is -2.42. The summed E-state index contributed by atoms with van der Waals surface area (Å²) in [6.07, 6.45) is 0. The fourth-order valence-corrected chi connectivity index (χ4v) is 4.40. The summed E-state index contributed by atoms with van der Waals surface area (Å²) >= 11 is 1.20. The van der Waals surface area contributed by atoms with Crippen molar-refractivity contribution < 1.29 is 13.9 Å². The Morgan fingerprint density at radius 3 is 2.72 bits per heavy atom. The van der Waals surface area contributed by atoms with Crippen molar-refractivity contribution in [3.63, 3.8) is 0 Å². The molecule has 4 aromatic rings. The van der Waals surface area contributed by atoms with Gasteiger partial charge < -0.3 is 4.74 Å². The number of tetrazole rings is 1. The molecule has 1 aromatic heterocycles. The molecule has 1 aliphatic heterocycles. The van der Waals surface area contributed by atoms with E-state index in [2.05, 4.69) is 15.5 Å². The number of ether oxygens (including phenoxy) is 1. The van der Waals surface area contributed by atoms with Crippen molar-refractivity contribution in [2.75, 3.05) is 17.3 Å². The molecular weight excluding hydrogens is 429 g/mol. The molecule has 160 valence electrons. The zero-order chi connectivity index (χ0) is 21.9. The predicted molar refractivity (Wildman–Crippen MR) is 118 cm³/mol. The molecule has 0 aliphatic carbocycles. The summed E-state index contributed by atoms with van der Waals surface area (Å²) in [7, 11) is 0.